The molecule has 1 fully saturated rings. The maximum absolute atomic E-state index is 9.86. The van der Waals surface area contributed by atoms with Gasteiger partial charge in [-0.25, -0.2) is 4.99 Å². The fraction of sp³-hybridized carbons (Fsp3) is 0.500. The van der Waals surface area contributed by atoms with E-state index in [2.05, 4.69) is 20.4 Å². The van der Waals surface area contributed by atoms with E-state index in [-0.39, 0.29) is 30.1 Å². The molecule has 1 saturated heterocycles. The summed E-state index contributed by atoms with van der Waals surface area (Å²) in [7, 11) is 3.60. The van der Waals surface area contributed by atoms with E-state index in [9.17, 15) is 5.11 Å². The maximum atomic E-state index is 9.86. The summed E-state index contributed by atoms with van der Waals surface area (Å²) in [6.45, 7) is 4.38. The first-order valence-corrected chi connectivity index (χ1v) is 8.76. The molecule has 0 radical (unpaired) electrons. The Morgan fingerprint density at radius 1 is 1.33 bits per heavy atom. The molecule has 2 heterocycles. The molecule has 0 unspecified atom stereocenters. The third kappa shape index (κ3) is 5.55. The van der Waals surface area contributed by atoms with Crippen LogP contribution in [0.3, 0.4) is 0 Å². The van der Waals surface area contributed by atoms with Crippen molar-refractivity contribution in [1.82, 2.24) is 25.0 Å². The lowest BCUT2D eigenvalue weighted by Crippen LogP contribution is -2.40. The largest absolute Gasteiger partial charge is 0.497 e. The number of nitrogens with zero attached hydrogens (tertiary/aromatic N) is 5. The van der Waals surface area contributed by atoms with Crippen LogP contribution >= 0.6 is 24.0 Å². The number of likely N-dealkylation sites (tertiary alicyclic amines) is 1. The second kappa shape index (κ2) is 9.88. The molecular weight excluding hydrogens is 459 g/mol. The summed E-state index contributed by atoms with van der Waals surface area (Å²) < 4.78 is 7.14. The van der Waals surface area contributed by atoms with E-state index in [1.165, 1.54) is 0 Å². The molecule has 2 N–H and O–H groups in total. The van der Waals surface area contributed by atoms with Gasteiger partial charge in [0.1, 0.15) is 11.6 Å². The van der Waals surface area contributed by atoms with Gasteiger partial charge >= 0.3 is 0 Å². The molecule has 1 aliphatic rings. The minimum atomic E-state index is -0.306. The zero-order valence-electron chi connectivity index (χ0n) is 15.9. The molecule has 1 atom stereocenters. The standard InChI is InChI=1S/C18H26N6O2.HI/c1-13-21-22-17(23(13)2)11-20-18(24-9-8-15(25)12-24)19-10-14-4-6-16(26-3)7-5-14;/h4-7,15,25H,8-12H2,1-3H3,(H,19,20);1H/t15-;/m1./s1. The number of aliphatic hydroxyl groups excluding tert-OH is 1. The molecule has 0 aliphatic carbocycles. The van der Waals surface area contributed by atoms with Gasteiger partial charge in [-0.2, -0.15) is 0 Å². The van der Waals surface area contributed by atoms with Crippen molar-refractivity contribution in [3.05, 3.63) is 41.5 Å². The van der Waals surface area contributed by atoms with Crippen LogP contribution in [-0.2, 0) is 20.1 Å². The van der Waals surface area contributed by atoms with E-state index in [0.29, 0.717) is 19.6 Å². The van der Waals surface area contributed by atoms with Crippen molar-refractivity contribution in [3.63, 3.8) is 0 Å². The van der Waals surface area contributed by atoms with E-state index in [0.717, 1.165) is 41.9 Å². The van der Waals surface area contributed by atoms with Crippen LogP contribution in [0.15, 0.2) is 29.3 Å². The second-order valence-corrected chi connectivity index (χ2v) is 6.45. The lowest BCUT2D eigenvalue weighted by Gasteiger charge is -2.21. The number of halogens is 1. The van der Waals surface area contributed by atoms with Crippen LogP contribution in [0.4, 0.5) is 0 Å². The van der Waals surface area contributed by atoms with Gasteiger partial charge < -0.3 is 24.6 Å². The van der Waals surface area contributed by atoms with Crippen LogP contribution in [0, 0.1) is 6.92 Å². The first-order valence-electron chi connectivity index (χ1n) is 8.76. The van der Waals surface area contributed by atoms with E-state index < -0.39 is 0 Å². The predicted molar refractivity (Wildman–Crippen MR) is 114 cm³/mol. The van der Waals surface area contributed by atoms with Gasteiger partial charge in [-0.1, -0.05) is 12.1 Å². The SMILES string of the molecule is COc1ccc(CN=C(NCc2nnc(C)n2C)N2CC[C@@H](O)C2)cc1.I. The van der Waals surface area contributed by atoms with E-state index in [4.69, 9.17) is 9.73 Å². The van der Waals surface area contributed by atoms with E-state index in [1.807, 2.05) is 42.8 Å². The van der Waals surface area contributed by atoms with E-state index in [1.54, 1.807) is 7.11 Å². The number of nitrogens with one attached hydrogen (secondary N) is 1. The predicted octanol–water partition coefficient (Wildman–Crippen LogP) is 1.46. The Kier molecular flexibility index (Phi) is 7.84. The van der Waals surface area contributed by atoms with Gasteiger partial charge in [0.05, 0.1) is 26.3 Å². The zero-order valence-corrected chi connectivity index (χ0v) is 18.3. The molecule has 1 aromatic carbocycles. The Labute approximate surface area is 176 Å². The van der Waals surface area contributed by atoms with Crippen molar-refractivity contribution < 1.29 is 9.84 Å². The van der Waals surface area contributed by atoms with Crippen molar-refractivity contribution in [2.45, 2.75) is 32.5 Å². The highest BCUT2D eigenvalue weighted by Crippen LogP contribution is 2.13. The van der Waals surface area contributed by atoms with Gasteiger partial charge in [0, 0.05) is 20.1 Å². The third-order valence-corrected chi connectivity index (χ3v) is 4.62. The van der Waals surface area contributed by atoms with Crippen molar-refractivity contribution in [3.8, 4) is 5.75 Å². The highest BCUT2D eigenvalue weighted by molar-refractivity contribution is 14.0. The summed E-state index contributed by atoms with van der Waals surface area (Å²) in [5.41, 5.74) is 1.10. The topological polar surface area (TPSA) is 87.8 Å². The molecule has 8 nitrogen and oxygen atoms in total. The lowest BCUT2D eigenvalue weighted by atomic mass is 10.2. The molecule has 27 heavy (non-hydrogen) atoms. The molecule has 0 bridgehead atoms. The quantitative estimate of drug-likeness (QED) is 0.378. The summed E-state index contributed by atoms with van der Waals surface area (Å²) >= 11 is 0. The summed E-state index contributed by atoms with van der Waals surface area (Å²) in [5, 5.41) is 21.5. The highest BCUT2D eigenvalue weighted by Gasteiger charge is 2.23. The Hall–Kier alpha value is -1.88. The number of aromatic nitrogens is 3. The van der Waals surface area contributed by atoms with Gasteiger partial charge in [-0.15, -0.1) is 34.2 Å². The minimum Gasteiger partial charge on any atom is -0.497 e. The van der Waals surface area contributed by atoms with Gasteiger partial charge in [0.25, 0.3) is 0 Å². The number of ether oxygens (including phenoxy) is 1. The van der Waals surface area contributed by atoms with E-state index >= 15 is 0 Å². The number of hydrogen-bond donors (Lipinski definition) is 2. The fourth-order valence-electron chi connectivity index (χ4n) is 2.86. The van der Waals surface area contributed by atoms with Crippen molar-refractivity contribution in [2.24, 2.45) is 12.0 Å². The second-order valence-electron chi connectivity index (χ2n) is 6.45. The monoisotopic (exact) mass is 486 g/mol. The highest BCUT2D eigenvalue weighted by atomic mass is 127. The van der Waals surface area contributed by atoms with Crippen LogP contribution in [0.1, 0.15) is 23.6 Å². The van der Waals surface area contributed by atoms with Crippen molar-refractivity contribution in [2.75, 3.05) is 20.2 Å². The number of aliphatic hydroxyl groups is 1. The molecule has 3 rings (SSSR count). The Balaban J connectivity index is 0.00000261. The first-order chi connectivity index (χ1) is 12.6. The Morgan fingerprint density at radius 2 is 2.07 bits per heavy atom. The van der Waals surface area contributed by atoms with Crippen LogP contribution in [0.25, 0.3) is 0 Å². The van der Waals surface area contributed by atoms with Crippen LogP contribution in [-0.4, -0.2) is 57.0 Å². The number of aliphatic imine (C=N–C) groups is 1. The number of hydrogen-bond acceptors (Lipinski definition) is 5. The smallest absolute Gasteiger partial charge is 0.194 e. The zero-order chi connectivity index (χ0) is 18.5. The molecule has 0 saturated carbocycles. The lowest BCUT2D eigenvalue weighted by molar-refractivity contribution is 0.187. The van der Waals surface area contributed by atoms with Gasteiger partial charge in [-0.05, 0) is 31.0 Å². The number of aryl methyl sites for hydroxylation is 1. The maximum Gasteiger partial charge on any atom is 0.194 e. The third-order valence-electron chi connectivity index (χ3n) is 4.62. The van der Waals surface area contributed by atoms with Gasteiger partial charge in [-0.3, -0.25) is 0 Å². The number of β-amino-alcohol motifs (C(OH)–C–C–N with tert-alkyl or cyclic N) is 1. The molecule has 1 aliphatic heterocycles. The summed E-state index contributed by atoms with van der Waals surface area (Å²) in [4.78, 5) is 6.82. The molecule has 0 amide bonds. The van der Waals surface area contributed by atoms with Crippen molar-refractivity contribution >= 4 is 29.9 Å². The van der Waals surface area contributed by atoms with Gasteiger partial charge in [0.15, 0.2) is 11.8 Å². The fourth-order valence-corrected chi connectivity index (χ4v) is 2.86. The van der Waals surface area contributed by atoms with Crippen LogP contribution < -0.4 is 10.1 Å². The number of rotatable bonds is 5. The minimum absolute atomic E-state index is 0. The molecule has 0 spiro atoms. The number of benzene rings is 1. The first kappa shape index (κ1) is 21.4. The summed E-state index contributed by atoms with van der Waals surface area (Å²) in [5.74, 6) is 3.32. The van der Waals surface area contributed by atoms with Crippen LogP contribution in [0.2, 0.25) is 0 Å². The van der Waals surface area contributed by atoms with Gasteiger partial charge in [0.2, 0.25) is 0 Å². The van der Waals surface area contributed by atoms with Crippen molar-refractivity contribution in [1.29, 1.82) is 0 Å². The van der Waals surface area contributed by atoms with Crippen LogP contribution in [0.5, 0.6) is 5.75 Å². The molecule has 1 aromatic heterocycles. The Bertz CT molecular complexity index is 762. The molecule has 9 heteroatoms. The normalized spacial score (nSPS) is 17.0. The summed E-state index contributed by atoms with van der Waals surface area (Å²) in [6, 6.07) is 7.87. The number of guanidine groups is 1. The molecule has 148 valence electrons. The Morgan fingerprint density at radius 3 is 2.63 bits per heavy atom. The average Bonchev–Trinajstić information content (AvgIpc) is 3.22. The number of methoxy groups -OCH3 is 1. The molecule has 2 aromatic rings. The molecular formula is C18H27IN6O2. The average molecular weight is 486 g/mol. The summed E-state index contributed by atoms with van der Waals surface area (Å²) in [6.07, 6.45) is 0.451.